The number of hydrogen-bond donors (Lipinski definition) is 1. The number of amides is 1. The van der Waals surface area contributed by atoms with Gasteiger partial charge in [-0.3, -0.25) is 4.79 Å². The van der Waals surface area contributed by atoms with Crippen molar-refractivity contribution in [2.45, 2.75) is 25.2 Å². The normalized spacial score (nSPS) is 19.3. The maximum atomic E-state index is 13.5. The monoisotopic (exact) mass is 309 g/mol. The fraction of sp³-hybridized carbons (Fsp3) is 0.467. The predicted octanol–water partition coefficient (Wildman–Crippen LogP) is 2.53. The summed E-state index contributed by atoms with van der Waals surface area (Å²) in [7, 11) is 0. The van der Waals surface area contributed by atoms with Crippen LogP contribution in [0.3, 0.4) is 0 Å². The zero-order valence-electron chi connectivity index (χ0n) is 11.6. The molecule has 6 heteroatoms. The van der Waals surface area contributed by atoms with Crippen LogP contribution in [0.1, 0.15) is 30.7 Å². The van der Waals surface area contributed by atoms with Crippen LogP contribution in [0.5, 0.6) is 0 Å². The van der Waals surface area contributed by atoms with Crippen LogP contribution >= 0.6 is 11.6 Å². The Hall–Kier alpha value is -1.62. The van der Waals surface area contributed by atoms with Crippen LogP contribution in [-0.2, 0) is 4.79 Å². The first-order valence-corrected chi connectivity index (χ1v) is 7.57. The zero-order valence-corrected chi connectivity index (χ0v) is 12.4. The van der Waals surface area contributed by atoms with Crippen molar-refractivity contribution >= 4 is 23.2 Å². The Balaban J connectivity index is 1.65. The molecule has 3 rings (SSSR count). The lowest BCUT2D eigenvalue weighted by molar-refractivity contribution is -0.125. The van der Waals surface area contributed by atoms with E-state index in [1.165, 1.54) is 6.07 Å². The van der Waals surface area contributed by atoms with E-state index in [0.717, 1.165) is 24.9 Å². The lowest BCUT2D eigenvalue weighted by Crippen LogP contribution is -2.41. The number of hydrazone groups is 1. The second-order valence-electron chi connectivity index (χ2n) is 5.43. The van der Waals surface area contributed by atoms with Gasteiger partial charge in [0.2, 0.25) is 0 Å². The van der Waals surface area contributed by atoms with E-state index in [1.54, 1.807) is 6.07 Å². The zero-order chi connectivity index (χ0) is 14.8. The van der Waals surface area contributed by atoms with Crippen LogP contribution < -0.4 is 5.43 Å². The van der Waals surface area contributed by atoms with Crippen molar-refractivity contribution < 1.29 is 9.18 Å². The predicted molar refractivity (Wildman–Crippen MR) is 80.0 cm³/mol. The summed E-state index contributed by atoms with van der Waals surface area (Å²) in [4.78, 5) is 14.1. The van der Waals surface area contributed by atoms with E-state index in [4.69, 9.17) is 11.6 Å². The maximum Gasteiger partial charge on any atom is 0.270 e. The Morgan fingerprint density at radius 3 is 2.81 bits per heavy atom. The Morgan fingerprint density at radius 1 is 1.38 bits per heavy atom. The van der Waals surface area contributed by atoms with Crippen LogP contribution in [0.2, 0.25) is 5.02 Å². The molecular weight excluding hydrogens is 293 g/mol. The van der Waals surface area contributed by atoms with Gasteiger partial charge < -0.3 is 10.3 Å². The average Bonchev–Trinajstić information content (AvgIpc) is 3.04. The second kappa shape index (κ2) is 6.02. The number of nitrogens with one attached hydrogen (secondary N) is 1. The summed E-state index contributed by atoms with van der Waals surface area (Å²) < 4.78 is 13.5. The standard InChI is InChI=1S/C15H17ClFN3O/c16-14-11(2-1-3-12(14)17)10-5-8-20(9-6-10)15(21)13-4-7-18-19-13/h1-3,10,18H,4-9H2. The molecule has 2 aliphatic rings. The lowest BCUT2D eigenvalue weighted by atomic mass is 9.89. The molecule has 1 fully saturated rings. The summed E-state index contributed by atoms with van der Waals surface area (Å²) in [5.74, 6) is -0.149. The van der Waals surface area contributed by atoms with Crippen LogP contribution in [0, 0.1) is 5.82 Å². The van der Waals surface area contributed by atoms with Gasteiger partial charge in [0.1, 0.15) is 11.5 Å². The minimum Gasteiger partial charge on any atom is -0.338 e. The topological polar surface area (TPSA) is 44.7 Å². The molecule has 4 nitrogen and oxygen atoms in total. The summed E-state index contributed by atoms with van der Waals surface area (Å²) in [6, 6.07) is 4.93. The van der Waals surface area contributed by atoms with E-state index < -0.39 is 0 Å². The molecule has 1 aromatic carbocycles. The third-order valence-electron chi connectivity index (χ3n) is 4.14. The summed E-state index contributed by atoms with van der Waals surface area (Å²) in [6.07, 6.45) is 2.29. The molecule has 1 amide bonds. The molecule has 0 bridgehead atoms. The summed E-state index contributed by atoms with van der Waals surface area (Å²) in [5.41, 5.74) is 4.28. The third-order valence-corrected chi connectivity index (χ3v) is 4.54. The van der Waals surface area contributed by atoms with E-state index in [0.29, 0.717) is 25.2 Å². The van der Waals surface area contributed by atoms with E-state index in [9.17, 15) is 9.18 Å². The van der Waals surface area contributed by atoms with Crippen LogP contribution in [0.25, 0.3) is 0 Å². The minimum absolute atomic E-state index is 0.0174. The summed E-state index contributed by atoms with van der Waals surface area (Å²) >= 11 is 6.05. The fourth-order valence-electron chi connectivity index (χ4n) is 2.95. The first-order valence-electron chi connectivity index (χ1n) is 7.19. The van der Waals surface area contributed by atoms with Gasteiger partial charge in [-0.15, -0.1) is 0 Å². The van der Waals surface area contributed by atoms with Gasteiger partial charge in [-0.2, -0.15) is 5.10 Å². The number of benzene rings is 1. The molecular formula is C15H17ClFN3O. The molecule has 0 saturated carbocycles. The Labute approximate surface area is 128 Å². The molecule has 0 unspecified atom stereocenters. The number of carbonyl (C=O) groups is 1. The SMILES string of the molecule is O=C(C1=NNCC1)N1CCC(c2cccc(F)c2Cl)CC1. The lowest BCUT2D eigenvalue weighted by Gasteiger charge is -2.32. The van der Waals surface area contributed by atoms with E-state index in [2.05, 4.69) is 10.5 Å². The molecule has 21 heavy (non-hydrogen) atoms. The smallest absolute Gasteiger partial charge is 0.270 e. The van der Waals surface area contributed by atoms with Gasteiger partial charge in [-0.1, -0.05) is 23.7 Å². The van der Waals surface area contributed by atoms with Crippen LogP contribution in [0.4, 0.5) is 4.39 Å². The molecule has 2 aliphatic heterocycles. The maximum absolute atomic E-state index is 13.5. The first-order chi connectivity index (χ1) is 10.2. The molecule has 1 aromatic rings. The van der Waals surface area contributed by atoms with Gasteiger partial charge in [0.15, 0.2) is 0 Å². The number of carbonyl (C=O) groups excluding carboxylic acids is 1. The van der Waals surface area contributed by atoms with Crippen molar-refractivity contribution in [3.8, 4) is 0 Å². The molecule has 112 valence electrons. The Morgan fingerprint density at radius 2 is 2.14 bits per heavy atom. The van der Waals surface area contributed by atoms with Gasteiger partial charge in [0.05, 0.1) is 5.02 Å². The molecule has 0 aromatic heterocycles. The third kappa shape index (κ3) is 2.88. The van der Waals surface area contributed by atoms with Crippen molar-refractivity contribution in [1.29, 1.82) is 0 Å². The molecule has 1 saturated heterocycles. The summed E-state index contributed by atoms with van der Waals surface area (Å²) in [5, 5.41) is 4.23. The van der Waals surface area contributed by atoms with Crippen LogP contribution in [-0.4, -0.2) is 36.2 Å². The van der Waals surface area contributed by atoms with Gasteiger partial charge >= 0.3 is 0 Å². The van der Waals surface area contributed by atoms with Crippen molar-refractivity contribution in [1.82, 2.24) is 10.3 Å². The largest absolute Gasteiger partial charge is 0.338 e. The van der Waals surface area contributed by atoms with E-state index >= 15 is 0 Å². The van der Waals surface area contributed by atoms with Crippen LogP contribution in [0.15, 0.2) is 23.3 Å². The van der Waals surface area contributed by atoms with Gasteiger partial charge in [-0.25, -0.2) is 4.39 Å². The van der Waals surface area contributed by atoms with E-state index in [-0.39, 0.29) is 22.7 Å². The minimum atomic E-state index is -0.376. The second-order valence-corrected chi connectivity index (χ2v) is 5.80. The van der Waals surface area contributed by atoms with E-state index in [1.807, 2.05) is 11.0 Å². The average molecular weight is 310 g/mol. The fourth-order valence-corrected chi connectivity index (χ4v) is 3.23. The van der Waals surface area contributed by atoms with Gasteiger partial charge in [-0.05, 0) is 30.4 Å². The quantitative estimate of drug-likeness (QED) is 0.912. The van der Waals surface area contributed by atoms with Crippen molar-refractivity contribution in [2.75, 3.05) is 19.6 Å². The molecule has 2 heterocycles. The number of halogens is 2. The molecule has 0 radical (unpaired) electrons. The molecule has 0 atom stereocenters. The highest BCUT2D eigenvalue weighted by Gasteiger charge is 2.28. The number of piperidine rings is 1. The molecule has 1 N–H and O–H groups in total. The molecule has 0 aliphatic carbocycles. The highest BCUT2D eigenvalue weighted by molar-refractivity contribution is 6.39. The molecule has 0 spiro atoms. The number of rotatable bonds is 2. The summed E-state index contributed by atoms with van der Waals surface area (Å²) in [6.45, 7) is 2.06. The Bertz CT molecular complexity index is 582. The Kier molecular flexibility index (Phi) is 4.10. The van der Waals surface area contributed by atoms with Gasteiger partial charge in [0, 0.05) is 26.1 Å². The van der Waals surface area contributed by atoms with Crippen molar-refractivity contribution in [2.24, 2.45) is 5.10 Å². The highest BCUT2D eigenvalue weighted by Crippen LogP contribution is 2.34. The van der Waals surface area contributed by atoms with Crippen molar-refractivity contribution in [3.63, 3.8) is 0 Å². The number of nitrogens with zero attached hydrogens (tertiary/aromatic N) is 2. The first kappa shape index (κ1) is 14.3. The highest BCUT2D eigenvalue weighted by atomic mass is 35.5. The van der Waals surface area contributed by atoms with Gasteiger partial charge in [0.25, 0.3) is 5.91 Å². The van der Waals surface area contributed by atoms with Crippen molar-refractivity contribution in [3.05, 3.63) is 34.6 Å². The number of hydrogen-bond acceptors (Lipinski definition) is 3. The number of likely N-dealkylation sites (tertiary alicyclic amines) is 1.